The van der Waals surface area contributed by atoms with Gasteiger partial charge in [0.15, 0.2) is 0 Å². The molecule has 0 spiro atoms. The Bertz CT molecular complexity index is 350. The van der Waals surface area contributed by atoms with Crippen molar-refractivity contribution in [2.45, 2.75) is 25.9 Å². The molecular formula is C13H19NO3. The lowest BCUT2D eigenvalue weighted by atomic mass is 9.92. The first-order chi connectivity index (χ1) is 8.31. The van der Waals surface area contributed by atoms with Crippen molar-refractivity contribution < 1.29 is 14.6 Å². The summed E-state index contributed by atoms with van der Waals surface area (Å²) in [7, 11) is 0. The third kappa shape index (κ3) is 3.17. The smallest absolute Gasteiger partial charge is 0.137 e. The quantitative estimate of drug-likeness (QED) is 0.869. The van der Waals surface area contributed by atoms with Crippen molar-refractivity contribution in [1.82, 2.24) is 4.98 Å². The highest BCUT2D eigenvalue weighted by atomic mass is 16.5. The van der Waals surface area contributed by atoms with E-state index in [0.29, 0.717) is 19.0 Å². The van der Waals surface area contributed by atoms with Crippen molar-refractivity contribution in [3.05, 3.63) is 24.0 Å². The maximum Gasteiger partial charge on any atom is 0.137 e. The number of aromatic nitrogens is 1. The standard InChI is InChI=1S/C13H19NO3/c1-2-17-12-6-11(7-14-8-12)13(15)10-4-3-5-16-9-10/h6-8,10,13,15H,2-5,9H2,1H3. The minimum Gasteiger partial charge on any atom is -0.492 e. The summed E-state index contributed by atoms with van der Waals surface area (Å²) in [4.78, 5) is 4.09. The van der Waals surface area contributed by atoms with Gasteiger partial charge in [0, 0.05) is 24.3 Å². The molecule has 0 radical (unpaired) electrons. The molecule has 1 N–H and O–H groups in total. The van der Waals surface area contributed by atoms with Gasteiger partial charge in [-0.1, -0.05) is 0 Å². The fourth-order valence-electron chi connectivity index (χ4n) is 2.13. The molecule has 1 fully saturated rings. The van der Waals surface area contributed by atoms with Gasteiger partial charge in [0.25, 0.3) is 0 Å². The van der Waals surface area contributed by atoms with Gasteiger partial charge in [-0.2, -0.15) is 0 Å². The lowest BCUT2D eigenvalue weighted by Crippen LogP contribution is -2.23. The molecule has 4 heteroatoms. The van der Waals surface area contributed by atoms with E-state index in [0.717, 1.165) is 25.0 Å². The Morgan fingerprint density at radius 3 is 3.18 bits per heavy atom. The molecular weight excluding hydrogens is 218 g/mol. The Labute approximate surface area is 102 Å². The summed E-state index contributed by atoms with van der Waals surface area (Å²) in [6, 6.07) is 1.86. The topological polar surface area (TPSA) is 51.6 Å². The Hall–Kier alpha value is -1.13. The van der Waals surface area contributed by atoms with Gasteiger partial charge in [0.05, 0.1) is 25.5 Å². The number of rotatable bonds is 4. The fraction of sp³-hybridized carbons (Fsp3) is 0.615. The molecule has 2 atom stereocenters. The second kappa shape index (κ2) is 5.98. The average Bonchev–Trinajstić information content (AvgIpc) is 2.40. The van der Waals surface area contributed by atoms with E-state index in [9.17, 15) is 5.11 Å². The molecule has 0 saturated carbocycles. The number of nitrogens with zero attached hydrogens (tertiary/aromatic N) is 1. The van der Waals surface area contributed by atoms with Gasteiger partial charge in [0.1, 0.15) is 5.75 Å². The SMILES string of the molecule is CCOc1cncc(C(O)C2CCCOC2)c1. The highest BCUT2D eigenvalue weighted by Gasteiger charge is 2.24. The summed E-state index contributed by atoms with van der Waals surface area (Å²) < 4.78 is 10.8. The molecule has 2 heterocycles. The predicted octanol–water partition coefficient (Wildman–Crippen LogP) is 1.94. The first kappa shape index (κ1) is 12.3. The zero-order chi connectivity index (χ0) is 12.1. The summed E-state index contributed by atoms with van der Waals surface area (Å²) in [5, 5.41) is 10.3. The lowest BCUT2D eigenvalue weighted by Gasteiger charge is -2.26. The van der Waals surface area contributed by atoms with Crippen LogP contribution in [0.5, 0.6) is 5.75 Å². The number of aliphatic hydroxyl groups excluding tert-OH is 1. The van der Waals surface area contributed by atoms with E-state index in [1.165, 1.54) is 0 Å². The molecule has 0 bridgehead atoms. The van der Waals surface area contributed by atoms with Crippen LogP contribution < -0.4 is 4.74 Å². The van der Waals surface area contributed by atoms with Crippen LogP contribution in [0.2, 0.25) is 0 Å². The average molecular weight is 237 g/mol. The van der Waals surface area contributed by atoms with Crippen LogP contribution in [0.25, 0.3) is 0 Å². The minimum absolute atomic E-state index is 0.169. The highest BCUT2D eigenvalue weighted by molar-refractivity contribution is 5.25. The van der Waals surface area contributed by atoms with Crippen LogP contribution >= 0.6 is 0 Å². The first-order valence-electron chi connectivity index (χ1n) is 6.15. The summed E-state index contributed by atoms with van der Waals surface area (Å²) in [6.07, 6.45) is 4.86. The second-order valence-corrected chi connectivity index (χ2v) is 4.31. The molecule has 1 aliphatic rings. The molecule has 1 aliphatic heterocycles. The van der Waals surface area contributed by atoms with Gasteiger partial charge in [-0.3, -0.25) is 4.98 Å². The zero-order valence-electron chi connectivity index (χ0n) is 10.1. The molecule has 1 aromatic heterocycles. The van der Waals surface area contributed by atoms with Gasteiger partial charge in [-0.25, -0.2) is 0 Å². The largest absolute Gasteiger partial charge is 0.492 e. The van der Waals surface area contributed by atoms with Gasteiger partial charge >= 0.3 is 0 Å². The molecule has 0 aliphatic carbocycles. The van der Waals surface area contributed by atoms with Gasteiger partial charge in [-0.15, -0.1) is 0 Å². The van der Waals surface area contributed by atoms with E-state index >= 15 is 0 Å². The molecule has 17 heavy (non-hydrogen) atoms. The van der Waals surface area contributed by atoms with E-state index in [4.69, 9.17) is 9.47 Å². The molecule has 1 saturated heterocycles. The summed E-state index contributed by atoms with van der Waals surface area (Å²) in [5.74, 6) is 0.878. The van der Waals surface area contributed by atoms with E-state index in [1.54, 1.807) is 12.4 Å². The van der Waals surface area contributed by atoms with Gasteiger partial charge in [-0.05, 0) is 25.8 Å². The summed E-state index contributed by atoms with van der Waals surface area (Å²) in [6.45, 7) is 3.96. The Morgan fingerprint density at radius 2 is 2.47 bits per heavy atom. The van der Waals surface area contributed by atoms with E-state index in [2.05, 4.69) is 4.98 Å². The second-order valence-electron chi connectivity index (χ2n) is 4.31. The van der Waals surface area contributed by atoms with Crippen LogP contribution in [0, 0.1) is 5.92 Å². The van der Waals surface area contributed by atoms with Crippen LogP contribution in [0.15, 0.2) is 18.5 Å². The maximum absolute atomic E-state index is 10.3. The highest BCUT2D eigenvalue weighted by Crippen LogP contribution is 2.29. The van der Waals surface area contributed by atoms with E-state index in [-0.39, 0.29) is 5.92 Å². The lowest BCUT2D eigenvalue weighted by molar-refractivity contribution is -0.0102. The van der Waals surface area contributed by atoms with E-state index in [1.807, 2.05) is 13.0 Å². The van der Waals surface area contributed by atoms with Crippen LogP contribution in [0.1, 0.15) is 31.4 Å². The maximum atomic E-state index is 10.3. The fourth-order valence-corrected chi connectivity index (χ4v) is 2.13. The normalized spacial score (nSPS) is 22.1. The molecule has 2 rings (SSSR count). The molecule has 0 aromatic carbocycles. The molecule has 0 amide bonds. The number of hydrogen-bond acceptors (Lipinski definition) is 4. The van der Waals surface area contributed by atoms with Crippen molar-refractivity contribution in [1.29, 1.82) is 0 Å². The van der Waals surface area contributed by atoms with Crippen molar-refractivity contribution in [3.8, 4) is 5.75 Å². The third-order valence-corrected chi connectivity index (χ3v) is 3.03. The third-order valence-electron chi connectivity index (χ3n) is 3.03. The number of aliphatic hydroxyl groups is 1. The molecule has 2 unspecified atom stereocenters. The van der Waals surface area contributed by atoms with Crippen molar-refractivity contribution in [3.63, 3.8) is 0 Å². The number of ether oxygens (including phenoxy) is 2. The number of hydrogen-bond donors (Lipinski definition) is 1. The van der Waals surface area contributed by atoms with Crippen LogP contribution in [-0.4, -0.2) is 29.9 Å². The van der Waals surface area contributed by atoms with Crippen LogP contribution in [0.3, 0.4) is 0 Å². The van der Waals surface area contributed by atoms with Crippen LogP contribution in [0.4, 0.5) is 0 Å². The first-order valence-corrected chi connectivity index (χ1v) is 6.15. The van der Waals surface area contributed by atoms with Gasteiger partial charge in [0.2, 0.25) is 0 Å². The van der Waals surface area contributed by atoms with Crippen molar-refractivity contribution in [2.75, 3.05) is 19.8 Å². The zero-order valence-corrected chi connectivity index (χ0v) is 10.1. The van der Waals surface area contributed by atoms with E-state index < -0.39 is 6.10 Å². The summed E-state index contributed by atoms with van der Waals surface area (Å²) in [5.41, 5.74) is 0.812. The Morgan fingerprint density at radius 1 is 1.59 bits per heavy atom. The van der Waals surface area contributed by atoms with Crippen molar-refractivity contribution in [2.24, 2.45) is 5.92 Å². The predicted molar refractivity (Wildman–Crippen MR) is 63.9 cm³/mol. The minimum atomic E-state index is -0.511. The molecule has 1 aromatic rings. The number of pyridine rings is 1. The van der Waals surface area contributed by atoms with Gasteiger partial charge < -0.3 is 14.6 Å². The monoisotopic (exact) mass is 237 g/mol. The molecule has 4 nitrogen and oxygen atoms in total. The summed E-state index contributed by atoms with van der Waals surface area (Å²) >= 11 is 0. The molecule has 94 valence electrons. The Balaban J connectivity index is 2.06. The Kier molecular flexibility index (Phi) is 4.34. The van der Waals surface area contributed by atoms with Crippen LogP contribution in [-0.2, 0) is 4.74 Å². The van der Waals surface area contributed by atoms with Crippen molar-refractivity contribution >= 4 is 0 Å².